The molecule has 2 fully saturated rings. The van der Waals surface area contributed by atoms with Crippen LogP contribution in [0.1, 0.15) is 64.6 Å². The number of rotatable bonds is 7. The zero-order valence-electron chi connectivity index (χ0n) is 22.2. The molecule has 200 valence electrons. The van der Waals surface area contributed by atoms with Gasteiger partial charge in [0, 0.05) is 50.1 Å². The topological polar surface area (TPSA) is 114 Å². The van der Waals surface area contributed by atoms with Crippen LogP contribution in [0.25, 0.3) is 10.8 Å². The van der Waals surface area contributed by atoms with Crippen LogP contribution in [0.2, 0.25) is 0 Å². The predicted octanol–water partition coefficient (Wildman–Crippen LogP) is 2.32. The molecule has 0 bridgehead atoms. The van der Waals surface area contributed by atoms with Gasteiger partial charge in [0.15, 0.2) is 0 Å². The molecule has 0 aliphatic carbocycles. The first-order valence-electron chi connectivity index (χ1n) is 13.1. The highest BCUT2D eigenvalue weighted by Crippen LogP contribution is 2.25. The van der Waals surface area contributed by atoms with Crippen molar-refractivity contribution in [2.24, 2.45) is 0 Å². The Labute approximate surface area is 216 Å². The van der Waals surface area contributed by atoms with E-state index in [-0.39, 0.29) is 30.3 Å². The average Bonchev–Trinajstić information content (AvgIpc) is 2.83. The highest BCUT2D eigenvalue weighted by molar-refractivity contribution is 5.99. The maximum absolute atomic E-state index is 13.2. The molecule has 10 nitrogen and oxygen atoms in total. The van der Waals surface area contributed by atoms with Gasteiger partial charge < -0.3 is 9.64 Å². The van der Waals surface area contributed by atoms with Gasteiger partial charge in [-0.25, -0.2) is 4.68 Å². The first kappa shape index (κ1) is 26.8. The van der Waals surface area contributed by atoms with Crippen molar-refractivity contribution >= 4 is 34.2 Å². The van der Waals surface area contributed by atoms with Gasteiger partial charge in [-0.15, -0.1) is 0 Å². The molecule has 2 saturated heterocycles. The number of nitrogens with zero attached hydrogens (tertiary/aromatic N) is 4. The molecule has 0 saturated carbocycles. The normalized spacial score (nSPS) is 19.2. The molecule has 4 rings (SSSR count). The third-order valence-corrected chi connectivity index (χ3v) is 6.86. The summed E-state index contributed by atoms with van der Waals surface area (Å²) < 4.78 is 6.59. The van der Waals surface area contributed by atoms with Crippen molar-refractivity contribution in [3.63, 3.8) is 0 Å². The number of carbonyl (C=O) groups is 3. The van der Waals surface area contributed by atoms with E-state index in [0.717, 1.165) is 56.6 Å². The molecule has 2 aromatic rings. The predicted molar refractivity (Wildman–Crippen MR) is 141 cm³/mol. The second-order valence-corrected chi connectivity index (χ2v) is 10.9. The summed E-state index contributed by atoms with van der Waals surface area (Å²) in [5, 5.41) is 8.03. The summed E-state index contributed by atoms with van der Waals surface area (Å²) in [5.41, 5.74) is 0.956. The number of piperazine rings is 1. The first-order chi connectivity index (χ1) is 17.5. The standard InChI is InChI=1S/C27H37N5O5/c1-18-21-17-19(8-9-20(21)26(36)32(29-18)22-10-11-23(33)28-25(22)35)31-15-13-30(14-16-31)12-6-5-7-24(34)37-27(2,3)4/h8-9,17,22H,5-7,10-16H2,1-4H3,(H,28,33,35). The number of benzene rings is 1. The van der Waals surface area contributed by atoms with Crippen LogP contribution in [0.15, 0.2) is 23.0 Å². The third kappa shape index (κ3) is 6.54. The van der Waals surface area contributed by atoms with Crippen LogP contribution in [0.5, 0.6) is 0 Å². The van der Waals surface area contributed by atoms with Gasteiger partial charge in [0.2, 0.25) is 5.91 Å². The van der Waals surface area contributed by atoms with Crippen LogP contribution >= 0.6 is 0 Å². The van der Waals surface area contributed by atoms with Gasteiger partial charge in [0.05, 0.1) is 11.1 Å². The van der Waals surface area contributed by atoms with E-state index in [4.69, 9.17) is 4.74 Å². The lowest BCUT2D eigenvalue weighted by molar-refractivity contribution is -0.155. The Kier molecular flexibility index (Phi) is 7.96. The maximum atomic E-state index is 13.2. The van der Waals surface area contributed by atoms with Crippen molar-refractivity contribution in [3.8, 4) is 0 Å². The lowest BCUT2D eigenvalue weighted by atomic mass is 10.1. The van der Waals surface area contributed by atoms with E-state index >= 15 is 0 Å². The van der Waals surface area contributed by atoms with Crippen molar-refractivity contribution < 1.29 is 19.1 Å². The number of anilines is 1. The summed E-state index contributed by atoms with van der Waals surface area (Å²) >= 11 is 0. The van der Waals surface area contributed by atoms with Gasteiger partial charge in [-0.1, -0.05) is 0 Å². The van der Waals surface area contributed by atoms with Crippen LogP contribution in [-0.4, -0.2) is 70.8 Å². The zero-order chi connectivity index (χ0) is 26.7. The number of piperidine rings is 1. The van der Waals surface area contributed by atoms with Crippen molar-refractivity contribution in [2.75, 3.05) is 37.6 Å². The Morgan fingerprint density at radius 1 is 1.08 bits per heavy atom. The molecule has 1 aromatic heterocycles. The number of aryl methyl sites for hydroxylation is 1. The van der Waals surface area contributed by atoms with Gasteiger partial charge in [-0.05, 0) is 71.7 Å². The van der Waals surface area contributed by atoms with E-state index in [2.05, 4.69) is 20.2 Å². The monoisotopic (exact) mass is 511 g/mol. The molecule has 2 aliphatic heterocycles. The quantitative estimate of drug-likeness (QED) is 0.342. The summed E-state index contributed by atoms with van der Waals surface area (Å²) in [6.45, 7) is 12.0. The smallest absolute Gasteiger partial charge is 0.306 e. The molecule has 0 spiro atoms. The van der Waals surface area contributed by atoms with Crippen LogP contribution < -0.4 is 15.8 Å². The molecular weight excluding hydrogens is 474 g/mol. The van der Waals surface area contributed by atoms with Gasteiger partial charge in [-0.2, -0.15) is 5.10 Å². The number of fused-ring (bicyclic) bond motifs is 1. The SMILES string of the molecule is Cc1nn(C2CCC(=O)NC2=O)c(=O)c2ccc(N3CCN(CCCCC(=O)OC(C)(C)C)CC3)cc12. The fourth-order valence-electron chi connectivity index (χ4n) is 4.95. The van der Waals surface area contributed by atoms with Crippen molar-refractivity contribution in [1.82, 2.24) is 20.0 Å². The Morgan fingerprint density at radius 2 is 1.81 bits per heavy atom. The minimum atomic E-state index is -0.773. The minimum absolute atomic E-state index is 0.137. The lowest BCUT2D eigenvalue weighted by Crippen LogP contribution is -2.46. The fraction of sp³-hybridized carbons (Fsp3) is 0.593. The Bertz CT molecular complexity index is 1240. The van der Waals surface area contributed by atoms with E-state index in [0.29, 0.717) is 17.5 Å². The Morgan fingerprint density at radius 3 is 2.49 bits per heavy atom. The summed E-state index contributed by atoms with van der Waals surface area (Å²) in [4.78, 5) is 53.5. The van der Waals surface area contributed by atoms with E-state index in [1.54, 1.807) is 0 Å². The number of hydrogen-bond acceptors (Lipinski definition) is 8. The van der Waals surface area contributed by atoms with Crippen LogP contribution in [0, 0.1) is 6.92 Å². The lowest BCUT2D eigenvalue weighted by Gasteiger charge is -2.36. The molecule has 1 N–H and O–H groups in total. The zero-order valence-corrected chi connectivity index (χ0v) is 22.2. The highest BCUT2D eigenvalue weighted by Gasteiger charge is 2.30. The number of hydrogen-bond donors (Lipinski definition) is 1. The van der Waals surface area contributed by atoms with E-state index in [9.17, 15) is 19.2 Å². The van der Waals surface area contributed by atoms with Crippen molar-refractivity contribution in [1.29, 1.82) is 0 Å². The molecule has 3 heterocycles. The largest absolute Gasteiger partial charge is 0.460 e. The first-order valence-corrected chi connectivity index (χ1v) is 13.1. The maximum Gasteiger partial charge on any atom is 0.306 e. The summed E-state index contributed by atoms with van der Waals surface area (Å²) in [6.07, 6.45) is 2.69. The third-order valence-electron chi connectivity index (χ3n) is 6.86. The molecule has 2 amide bonds. The van der Waals surface area contributed by atoms with E-state index in [1.807, 2.05) is 45.9 Å². The van der Waals surface area contributed by atoms with E-state index in [1.165, 1.54) is 4.68 Å². The summed E-state index contributed by atoms with van der Waals surface area (Å²) in [5.74, 6) is -0.941. The molecular formula is C27H37N5O5. The van der Waals surface area contributed by atoms with Gasteiger partial charge in [0.1, 0.15) is 11.6 Å². The number of imide groups is 1. The number of esters is 1. The van der Waals surface area contributed by atoms with E-state index < -0.39 is 17.6 Å². The second kappa shape index (κ2) is 11.0. The Balaban J connectivity index is 1.35. The van der Waals surface area contributed by atoms with Crippen LogP contribution in [-0.2, 0) is 19.1 Å². The van der Waals surface area contributed by atoms with Gasteiger partial charge in [0.25, 0.3) is 11.5 Å². The van der Waals surface area contributed by atoms with Gasteiger partial charge in [-0.3, -0.25) is 29.4 Å². The van der Waals surface area contributed by atoms with Crippen molar-refractivity contribution in [3.05, 3.63) is 34.2 Å². The Hall–Kier alpha value is -3.27. The van der Waals surface area contributed by atoms with Crippen molar-refractivity contribution in [2.45, 2.75) is 71.4 Å². The van der Waals surface area contributed by atoms with Crippen LogP contribution in [0.4, 0.5) is 5.69 Å². The number of nitrogens with one attached hydrogen (secondary N) is 1. The number of carbonyl (C=O) groups excluding carboxylic acids is 3. The molecule has 0 radical (unpaired) electrons. The minimum Gasteiger partial charge on any atom is -0.460 e. The van der Waals surface area contributed by atoms with Crippen LogP contribution in [0.3, 0.4) is 0 Å². The molecule has 1 unspecified atom stereocenters. The molecule has 1 atom stereocenters. The summed E-state index contributed by atoms with van der Waals surface area (Å²) in [7, 11) is 0. The molecule has 2 aliphatic rings. The fourth-order valence-corrected chi connectivity index (χ4v) is 4.95. The number of aromatic nitrogens is 2. The molecule has 10 heteroatoms. The molecule has 1 aromatic carbocycles. The summed E-state index contributed by atoms with van der Waals surface area (Å²) in [6, 6.07) is 5.00. The second-order valence-electron chi connectivity index (χ2n) is 10.9. The number of unbranched alkanes of at least 4 members (excludes halogenated alkanes) is 1. The average molecular weight is 512 g/mol. The number of amides is 2. The molecule has 37 heavy (non-hydrogen) atoms. The number of ether oxygens (including phenoxy) is 1. The van der Waals surface area contributed by atoms with Gasteiger partial charge >= 0.3 is 5.97 Å². The highest BCUT2D eigenvalue weighted by atomic mass is 16.6.